The Labute approximate surface area is 116 Å². The molecule has 1 spiro atoms. The van der Waals surface area contributed by atoms with E-state index in [-0.39, 0.29) is 19.3 Å². The maximum Gasteiger partial charge on any atom is 0.224 e. The van der Waals surface area contributed by atoms with Crippen LogP contribution in [-0.2, 0) is 23.7 Å². The first-order valence-electron chi connectivity index (χ1n) is 6.65. The van der Waals surface area contributed by atoms with Crippen molar-refractivity contribution in [2.45, 2.75) is 63.4 Å². The van der Waals surface area contributed by atoms with Gasteiger partial charge in [-0.15, -0.1) is 0 Å². The third-order valence-corrected chi connectivity index (χ3v) is 3.64. The van der Waals surface area contributed by atoms with E-state index < -0.39 is 29.6 Å². The summed E-state index contributed by atoms with van der Waals surface area (Å²) in [5.41, 5.74) is 8.48. The minimum atomic E-state index is -1.00. The van der Waals surface area contributed by atoms with Crippen LogP contribution in [0.2, 0.25) is 0 Å². The van der Waals surface area contributed by atoms with Crippen molar-refractivity contribution in [3.63, 3.8) is 0 Å². The van der Waals surface area contributed by atoms with Gasteiger partial charge in [0.1, 0.15) is 18.8 Å². The lowest BCUT2D eigenvalue weighted by molar-refractivity contribution is -0.295. The van der Waals surface area contributed by atoms with Gasteiger partial charge in [-0.1, -0.05) is 5.11 Å². The molecule has 3 rings (SSSR count). The summed E-state index contributed by atoms with van der Waals surface area (Å²) in [7, 11) is 0. The SMILES string of the molecule is CC1(C)O[C@H]2[C@@H](CN=[N+]=[N-])O[C@@]3(COC(C)(C)O3)[C@H]2O1. The van der Waals surface area contributed by atoms with E-state index in [1.165, 1.54) is 0 Å². The zero-order valence-corrected chi connectivity index (χ0v) is 12.0. The quantitative estimate of drug-likeness (QED) is 0.437. The summed E-state index contributed by atoms with van der Waals surface area (Å²) in [6.07, 6.45) is -1.15. The van der Waals surface area contributed by atoms with Crippen LogP contribution >= 0.6 is 0 Å². The van der Waals surface area contributed by atoms with Crippen LogP contribution in [-0.4, -0.2) is 48.8 Å². The Morgan fingerprint density at radius 2 is 1.90 bits per heavy atom. The lowest BCUT2D eigenvalue weighted by atomic mass is 10.1. The van der Waals surface area contributed by atoms with Gasteiger partial charge in [-0.25, -0.2) is 0 Å². The Morgan fingerprint density at radius 1 is 1.15 bits per heavy atom. The second kappa shape index (κ2) is 4.30. The van der Waals surface area contributed by atoms with Crippen molar-refractivity contribution in [3.8, 4) is 0 Å². The lowest BCUT2D eigenvalue weighted by Crippen LogP contribution is -2.46. The van der Waals surface area contributed by atoms with Crippen LogP contribution < -0.4 is 0 Å². The van der Waals surface area contributed by atoms with Crippen molar-refractivity contribution in [3.05, 3.63) is 10.4 Å². The molecule has 112 valence electrons. The van der Waals surface area contributed by atoms with Crippen LogP contribution in [0.5, 0.6) is 0 Å². The number of hydrogen-bond donors (Lipinski definition) is 0. The van der Waals surface area contributed by atoms with Gasteiger partial charge < -0.3 is 23.7 Å². The molecule has 20 heavy (non-hydrogen) atoms. The molecule has 0 aliphatic carbocycles. The molecule has 8 heteroatoms. The maximum atomic E-state index is 8.48. The Kier molecular flexibility index (Phi) is 3.02. The van der Waals surface area contributed by atoms with E-state index >= 15 is 0 Å². The molecule has 0 aromatic rings. The molecule has 8 nitrogen and oxygen atoms in total. The molecule has 0 aromatic carbocycles. The average molecular weight is 285 g/mol. The van der Waals surface area contributed by atoms with Crippen LogP contribution in [0.25, 0.3) is 10.4 Å². The highest BCUT2D eigenvalue weighted by Crippen LogP contribution is 2.49. The molecule has 3 aliphatic heterocycles. The van der Waals surface area contributed by atoms with Crippen molar-refractivity contribution in [2.75, 3.05) is 13.2 Å². The Bertz CT molecular complexity index is 462. The number of azide groups is 1. The van der Waals surface area contributed by atoms with Gasteiger partial charge in [0.25, 0.3) is 0 Å². The highest BCUT2D eigenvalue weighted by atomic mass is 16.9. The summed E-state index contributed by atoms with van der Waals surface area (Å²) in [6.45, 7) is 7.74. The molecule has 0 unspecified atom stereocenters. The summed E-state index contributed by atoms with van der Waals surface area (Å²) in [6, 6.07) is 0. The van der Waals surface area contributed by atoms with Crippen LogP contribution in [0.1, 0.15) is 27.7 Å². The minimum absolute atomic E-state index is 0.169. The average Bonchev–Trinajstić information content (AvgIpc) is 2.90. The number of hydrogen-bond acceptors (Lipinski definition) is 6. The van der Waals surface area contributed by atoms with Crippen molar-refractivity contribution >= 4 is 0 Å². The first-order valence-corrected chi connectivity index (χ1v) is 6.65. The Hall–Kier alpha value is -0.890. The first kappa shape index (κ1) is 14.1. The number of rotatable bonds is 2. The minimum Gasteiger partial charge on any atom is -0.345 e. The van der Waals surface area contributed by atoms with Gasteiger partial charge in [0.05, 0.1) is 12.6 Å². The zero-order chi connectivity index (χ0) is 14.6. The van der Waals surface area contributed by atoms with Crippen LogP contribution in [0.15, 0.2) is 5.11 Å². The number of nitrogens with zero attached hydrogens (tertiary/aromatic N) is 3. The molecule has 3 saturated heterocycles. The largest absolute Gasteiger partial charge is 0.345 e. The third kappa shape index (κ3) is 2.18. The molecule has 0 radical (unpaired) electrons. The highest BCUT2D eigenvalue weighted by molar-refractivity contribution is 5.05. The van der Waals surface area contributed by atoms with E-state index in [0.29, 0.717) is 0 Å². The van der Waals surface area contributed by atoms with Gasteiger partial charge in [0.2, 0.25) is 5.79 Å². The van der Waals surface area contributed by atoms with Gasteiger partial charge >= 0.3 is 0 Å². The van der Waals surface area contributed by atoms with Crippen LogP contribution in [0.3, 0.4) is 0 Å². The van der Waals surface area contributed by atoms with E-state index in [1.54, 1.807) is 0 Å². The van der Waals surface area contributed by atoms with E-state index in [2.05, 4.69) is 10.0 Å². The molecule has 0 amide bonds. The molecule has 0 bridgehead atoms. The van der Waals surface area contributed by atoms with Crippen molar-refractivity contribution in [1.82, 2.24) is 0 Å². The molecule has 3 aliphatic rings. The summed E-state index contributed by atoms with van der Waals surface area (Å²) in [4.78, 5) is 2.77. The highest BCUT2D eigenvalue weighted by Gasteiger charge is 2.67. The topological polar surface area (TPSA) is 94.9 Å². The summed E-state index contributed by atoms with van der Waals surface area (Å²) < 4.78 is 29.3. The summed E-state index contributed by atoms with van der Waals surface area (Å²) in [5, 5.41) is 3.58. The number of ether oxygens (including phenoxy) is 5. The molecular formula is C12H19N3O5. The van der Waals surface area contributed by atoms with Gasteiger partial charge in [-0.05, 0) is 33.2 Å². The molecule has 4 atom stereocenters. The van der Waals surface area contributed by atoms with Gasteiger partial charge in [0, 0.05) is 4.91 Å². The van der Waals surface area contributed by atoms with E-state index in [4.69, 9.17) is 29.2 Å². The molecular weight excluding hydrogens is 266 g/mol. The van der Waals surface area contributed by atoms with Gasteiger partial charge in [-0.2, -0.15) is 0 Å². The smallest absolute Gasteiger partial charge is 0.224 e. The number of fused-ring (bicyclic) bond motifs is 2. The third-order valence-electron chi connectivity index (χ3n) is 3.64. The molecule has 0 saturated carbocycles. The Morgan fingerprint density at radius 3 is 2.50 bits per heavy atom. The zero-order valence-electron chi connectivity index (χ0n) is 12.0. The fourth-order valence-electron chi connectivity index (χ4n) is 3.00. The van der Waals surface area contributed by atoms with Crippen molar-refractivity contribution < 1.29 is 23.7 Å². The first-order chi connectivity index (χ1) is 9.27. The Balaban J connectivity index is 1.88. The van der Waals surface area contributed by atoms with E-state index in [0.717, 1.165) is 0 Å². The predicted octanol–water partition coefficient (Wildman–Crippen LogP) is 1.69. The van der Waals surface area contributed by atoms with Gasteiger partial charge in [0.15, 0.2) is 11.6 Å². The summed E-state index contributed by atoms with van der Waals surface area (Å²) >= 11 is 0. The summed E-state index contributed by atoms with van der Waals surface area (Å²) in [5.74, 6) is -2.47. The van der Waals surface area contributed by atoms with E-state index in [1.807, 2.05) is 27.7 Å². The molecule has 3 fully saturated rings. The van der Waals surface area contributed by atoms with Crippen LogP contribution in [0.4, 0.5) is 0 Å². The fraction of sp³-hybridized carbons (Fsp3) is 1.00. The molecule has 0 N–H and O–H groups in total. The second-order valence-electron chi connectivity index (χ2n) is 6.19. The molecule has 0 aromatic heterocycles. The van der Waals surface area contributed by atoms with Crippen molar-refractivity contribution in [1.29, 1.82) is 0 Å². The second-order valence-corrected chi connectivity index (χ2v) is 6.19. The predicted molar refractivity (Wildman–Crippen MR) is 66.6 cm³/mol. The normalized spacial score (nSPS) is 44.5. The standard InChI is InChI=1S/C12H19N3O5/c1-10(2)16-6-12(20-10)9-8(18-11(3,4)19-9)7(17-12)5-14-15-13/h7-9H,5-6H2,1-4H3/t7-,8+,9+,12-/m1/s1. The van der Waals surface area contributed by atoms with E-state index in [9.17, 15) is 0 Å². The lowest BCUT2D eigenvalue weighted by Gasteiger charge is -2.30. The van der Waals surface area contributed by atoms with Crippen molar-refractivity contribution in [2.24, 2.45) is 5.11 Å². The maximum absolute atomic E-state index is 8.48. The van der Waals surface area contributed by atoms with Crippen LogP contribution in [0, 0.1) is 0 Å². The fourth-order valence-corrected chi connectivity index (χ4v) is 3.00. The monoisotopic (exact) mass is 285 g/mol. The molecule has 3 heterocycles. The van der Waals surface area contributed by atoms with Gasteiger partial charge in [-0.3, -0.25) is 0 Å².